The van der Waals surface area contributed by atoms with E-state index in [1.165, 1.54) is 4.90 Å². The van der Waals surface area contributed by atoms with Crippen LogP contribution in [-0.2, 0) is 14.4 Å². The number of para-hydroxylation sites is 1. The monoisotopic (exact) mass is 316 g/mol. The van der Waals surface area contributed by atoms with E-state index in [9.17, 15) is 19.5 Å². The predicted octanol–water partition coefficient (Wildman–Crippen LogP) is 1.60. The van der Waals surface area contributed by atoms with Crippen LogP contribution < -0.4 is 4.90 Å². The molecule has 1 aromatic carbocycles. The van der Waals surface area contributed by atoms with Gasteiger partial charge in [0.05, 0.1) is 0 Å². The Balaban J connectivity index is 1.77. The first kappa shape index (κ1) is 15.5. The van der Waals surface area contributed by atoms with Gasteiger partial charge in [-0.25, -0.2) is 0 Å². The number of nitrogens with zero attached hydrogens (tertiary/aromatic N) is 2. The molecule has 0 radical (unpaired) electrons. The van der Waals surface area contributed by atoms with Crippen molar-refractivity contribution in [2.45, 2.75) is 31.6 Å². The van der Waals surface area contributed by atoms with Gasteiger partial charge in [0.1, 0.15) is 12.5 Å². The first-order valence-electron chi connectivity index (χ1n) is 7.98. The van der Waals surface area contributed by atoms with Crippen LogP contribution in [0.1, 0.15) is 37.2 Å². The molecule has 23 heavy (non-hydrogen) atoms. The highest BCUT2D eigenvalue weighted by molar-refractivity contribution is 6.01. The molecule has 2 aliphatic heterocycles. The summed E-state index contributed by atoms with van der Waals surface area (Å²) in [6.07, 6.45) is 3.27. The Labute approximate surface area is 134 Å². The average Bonchev–Trinajstić information content (AvgIpc) is 2.82. The number of amides is 2. The van der Waals surface area contributed by atoms with Crippen LogP contribution in [-0.4, -0.2) is 47.4 Å². The quantitative estimate of drug-likeness (QED) is 0.919. The molecule has 122 valence electrons. The van der Waals surface area contributed by atoms with E-state index >= 15 is 0 Å². The minimum atomic E-state index is -0.932. The van der Waals surface area contributed by atoms with Gasteiger partial charge in [0.25, 0.3) is 0 Å². The van der Waals surface area contributed by atoms with Gasteiger partial charge in [-0.2, -0.15) is 0 Å². The summed E-state index contributed by atoms with van der Waals surface area (Å²) in [6.45, 7) is 0.761. The van der Waals surface area contributed by atoms with Crippen molar-refractivity contribution in [3.63, 3.8) is 0 Å². The third-order valence-corrected chi connectivity index (χ3v) is 4.56. The minimum Gasteiger partial charge on any atom is -0.481 e. The molecule has 2 aliphatic rings. The molecular weight excluding hydrogens is 296 g/mol. The number of fused-ring (bicyclic) bond motifs is 1. The van der Waals surface area contributed by atoms with Crippen molar-refractivity contribution in [1.29, 1.82) is 0 Å². The number of hydrogen-bond acceptors (Lipinski definition) is 3. The Morgan fingerprint density at radius 3 is 2.74 bits per heavy atom. The summed E-state index contributed by atoms with van der Waals surface area (Å²) in [5.41, 5.74) is 1.31. The van der Waals surface area contributed by atoms with Gasteiger partial charge in [-0.1, -0.05) is 24.6 Å². The first-order valence-corrected chi connectivity index (χ1v) is 7.98. The fourth-order valence-corrected chi connectivity index (χ4v) is 3.31. The Morgan fingerprint density at radius 2 is 1.96 bits per heavy atom. The van der Waals surface area contributed by atoms with Crippen LogP contribution in [0.3, 0.4) is 0 Å². The second kappa shape index (κ2) is 6.40. The highest BCUT2D eigenvalue weighted by Gasteiger charge is 2.37. The lowest BCUT2D eigenvalue weighted by molar-refractivity contribution is -0.138. The van der Waals surface area contributed by atoms with Crippen LogP contribution >= 0.6 is 0 Å². The first-order chi connectivity index (χ1) is 11.1. The molecule has 0 saturated carbocycles. The van der Waals surface area contributed by atoms with Gasteiger partial charge in [0.15, 0.2) is 0 Å². The maximum atomic E-state index is 12.6. The summed E-state index contributed by atoms with van der Waals surface area (Å²) in [4.78, 5) is 39.2. The van der Waals surface area contributed by atoms with Crippen molar-refractivity contribution in [3.8, 4) is 0 Å². The SMILES string of the molecule is O=C(O)C1CN(C(=O)CN2CCCCCC2=O)c2ccccc21. The summed E-state index contributed by atoms with van der Waals surface area (Å²) in [5.74, 6) is -1.83. The number of carbonyl (C=O) groups is 3. The lowest BCUT2D eigenvalue weighted by Crippen LogP contribution is -2.42. The lowest BCUT2D eigenvalue weighted by Gasteiger charge is -2.24. The molecule has 0 aromatic heterocycles. The molecule has 3 rings (SSSR count). The third-order valence-electron chi connectivity index (χ3n) is 4.56. The third kappa shape index (κ3) is 3.06. The highest BCUT2D eigenvalue weighted by atomic mass is 16.4. The molecule has 0 bridgehead atoms. The predicted molar refractivity (Wildman–Crippen MR) is 84.2 cm³/mol. The van der Waals surface area contributed by atoms with Crippen LogP contribution in [0.5, 0.6) is 0 Å². The molecule has 1 aromatic rings. The Hall–Kier alpha value is -2.37. The Morgan fingerprint density at radius 1 is 1.17 bits per heavy atom. The number of carboxylic acids is 1. The van der Waals surface area contributed by atoms with Gasteiger partial charge >= 0.3 is 5.97 Å². The summed E-state index contributed by atoms with van der Waals surface area (Å²) in [6, 6.07) is 7.08. The standard InChI is InChI=1S/C17H20N2O4/c20-15-8-2-1-5-9-18(15)11-16(21)19-10-13(17(22)23)12-6-3-4-7-14(12)19/h3-4,6-7,13H,1-2,5,8-11H2,(H,22,23). The molecule has 6 heteroatoms. The Kier molecular flexibility index (Phi) is 4.32. The largest absolute Gasteiger partial charge is 0.481 e. The van der Waals surface area contributed by atoms with E-state index in [1.807, 2.05) is 0 Å². The van der Waals surface area contributed by atoms with Gasteiger partial charge < -0.3 is 14.9 Å². The highest BCUT2D eigenvalue weighted by Crippen LogP contribution is 2.36. The van der Waals surface area contributed by atoms with Crippen molar-refractivity contribution in [3.05, 3.63) is 29.8 Å². The molecule has 2 amide bonds. The molecule has 0 aliphatic carbocycles. The zero-order chi connectivity index (χ0) is 16.4. The number of carbonyl (C=O) groups excluding carboxylic acids is 2. The summed E-state index contributed by atoms with van der Waals surface area (Å²) in [7, 11) is 0. The van der Waals surface area contributed by atoms with Crippen LogP contribution in [0.15, 0.2) is 24.3 Å². The van der Waals surface area contributed by atoms with Gasteiger partial charge in [-0.3, -0.25) is 14.4 Å². The number of hydrogen-bond donors (Lipinski definition) is 1. The molecule has 2 heterocycles. The topological polar surface area (TPSA) is 77.9 Å². The number of aliphatic carboxylic acids is 1. The van der Waals surface area contributed by atoms with E-state index in [1.54, 1.807) is 29.2 Å². The molecule has 0 spiro atoms. The van der Waals surface area contributed by atoms with Crippen LogP contribution in [0.2, 0.25) is 0 Å². The van der Waals surface area contributed by atoms with Crippen LogP contribution in [0, 0.1) is 0 Å². The normalized spacial score (nSPS) is 21.0. The van der Waals surface area contributed by atoms with Gasteiger partial charge in [0, 0.05) is 25.2 Å². The fourth-order valence-electron chi connectivity index (χ4n) is 3.31. The molecule has 1 unspecified atom stereocenters. The van der Waals surface area contributed by atoms with E-state index in [-0.39, 0.29) is 24.9 Å². The molecule has 6 nitrogen and oxygen atoms in total. The smallest absolute Gasteiger partial charge is 0.312 e. The lowest BCUT2D eigenvalue weighted by atomic mass is 10.0. The van der Waals surface area contributed by atoms with E-state index < -0.39 is 11.9 Å². The van der Waals surface area contributed by atoms with Crippen molar-refractivity contribution in [2.75, 3.05) is 24.5 Å². The van der Waals surface area contributed by atoms with E-state index in [2.05, 4.69) is 0 Å². The number of likely N-dealkylation sites (tertiary alicyclic amines) is 1. The molecule has 1 atom stereocenters. The van der Waals surface area contributed by atoms with Crippen molar-refractivity contribution in [1.82, 2.24) is 4.90 Å². The number of anilines is 1. The number of benzene rings is 1. The minimum absolute atomic E-state index is 0.0121. The second-order valence-electron chi connectivity index (χ2n) is 6.08. The zero-order valence-electron chi connectivity index (χ0n) is 12.9. The molecule has 1 N–H and O–H groups in total. The van der Waals surface area contributed by atoms with Crippen molar-refractivity contribution in [2.24, 2.45) is 0 Å². The maximum absolute atomic E-state index is 12.6. The summed E-state index contributed by atoms with van der Waals surface area (Å²) < 4.78 is 0. The maximum Gasteiger partial charge on any atom is 0.312 e. The molecule has 1 fully saturated rings. The van der Waals surface area contributed by atoms with Gasteiger partial charge in [0.2, 0.25) is 11.8 Å². The second-order valence-corrected chi connectivity index (χ2v) is 6.08. The van der Waals surface area contributed by atoms with Crippen molar-refractivity contribution >= 4 is 23.5 Å². The van der Waals surface area contributed by atoms with Crippen molar-refractivity contribution < 1.29 is 19.5 Å². The fraction of sp³-hybridized carbons (Fsp3) is 0.471. The summed E-state index contributed by atoms with van der Waals surface area (Å²) >= 11 is 0. The summed E-state index contributed by atoms with van der Waals surface area (Å²) in [5, 5.41) is 9.36. The van der Waals surface area contributed by atoms with Gasteiger partial charge in [-0.15, -0.1) is 0 Å². The van der Waals surface area contributed by atoms with Crippen LogP contribution in [0.25, 0.3) is 0 Å². The zero-order valence-corrected chi connectivity index (χ0v) is 12.9. The van der Waals surface area contributed by atoms with E-state index in [0.717, 1.165) is 19.3 Å². The Bertz CT molecular complexity index is 643. The van der Waals surface area contributed by atoms with E-state index in [0.29, 0.717) is 24.2 Å². The van der Waals surface area contributed by atoms with E-state index in [4.69, 9.17) is 0 Å². The number of rotatable bonds is 3. The van der Waals surface area contributed by atoms with Gasteiger partial charge in [-0.05, 0) is 24.5 Å². The molecular formula is C17H20N2O4. The van der Waals surface area contributed by atoms with Crippen LogP contribution in [0.4, 0.5) is 5.69 Å². The average molecular weight is 316 g/mol. The molecule has 1 saturated heterocycles. The number of carboxylic acid groups (broad SMARTS) is 1.